The second-order valence-corrected chi connectivity index (χ2v) is 5.36. The Labute approximate surface area is 135 Å². The molecule has 0 radical (unpaired) electrons. The Balaban J connectivity index is 2.43. The number of nitrogens with zero attached hydrogens (tertiary/aromatic N) is 4. The first-order valence-corrected chi connectivity index (χ1v) is 7.56. The molecule has 0 unspecified atom stereocenters. The number of amides is 2. The molecule has 1 aromatic heterocycles. The van der Waals surface area contributed by atoms with Crippen LogP contribution in [0, 0.1) is 6.92 Å². The fraction of sp³-hybridized carbons (Fsp3) is 0.600. The number of anilines is 1. The van der Waals surface area contributed by atoms with Crippen LogP contribution in [-0.4, -0.2) is 54.2 Å². The second kappa shape index (κ2) is 9.53. The number of hydrogen-bond donors (Lipinski definition) is 1. The molecule has 0 atom stereocenters. The van der Waals surface area contributed by atoms with Crippen molar-refractivity contribution in [1.29, 1.82) is 0 Å². The summed E-state index contributed by atoms with van der Waals surface area (Å²) >= 11 is 0. The molecular formula is C15H23N5O3. The van der Waals surface area contributed by atoms with E-state index >= 15 is 0 Å². The number of aromatic nitrogens is 2. The number of hydrogen-bond acceptors (Lipinski definition) is 5. The highest BCUT2D eigenvalue weighted by atomic mass is 16.2. The number of aromatic amines is 1. The van der Waals surface area contributed by atoms with Gasteiger partial charge < -0.3 is 4.90 Å². The summed E-state index contributed by atoms with van der Waals surface area (Å²) in [5, 5.41) is 0. The van der Waals surface area contributed by atoms with Crippen molar-refractivity contribution in [3.8, 4) is 0 Å². The Morgan fingerprint density at radius 3 is 2.65 bits per heavy atom. The number of carbonyl (C=O) groups is 1. The minimum absolute atomic E-state index is 0.232. The van der Waals surface area contributed by atoms with E-state index in [1.54, 1.807) is 25.9 Å². The maximum atomic E-state index is 12.3. The first-order chi connectivity index (χ1) is 11.0. The van der Waals surface area contributed by atoms with Gasteiger partial charge in [-0.1, -0.05) is 12.8 Å². The molecule has 2 amide bonds. The number of H-pyrrole nitrogens is 1. The minimum atomic E-state index is -0.284. The highest BCUT2D eigenvalue weighted by Crippen LogP contribution is 2.07. The summed E-state index contributed by atoms with van der Waals surface area (Å²) in [5.74, 6) is 0.235. The Bertz CT molecular complexity index is 622. The molecule has 0 saturated carbocycles. The van der Waals surface area contributed by atoms with Gasteiger partial charge in [0.1, 0.15) is 0 Å². The SMILES string of the molecule is Cc1cc(=O)[nH]c(N(C)C(=O)N(C)CCCCCCN=C=O)n1. The van der Waals surface area contributed by atoms with Crippen LogP contribution in [0.1, 0.15) is 31.4 Å². The fourth-order valence-corrected chi connectivity index (χ4v) is 2.10. The molecule has 8 nitrogen and oxygen atoms in total. The van der Waals surface area contributed by atoms with Crippen LogP contribution in [0.3, 0.4) is 0 Å². The van der Waals surface area contributed by atoms with Gasteiger partial charge in [0.2, 0.25) is 12.0 Å². The Hall–Kier alpha value is -2.47. The van der Waals surface area contributed by atoms with Crippen molar-refractivity contribution in [3.05, 3.63) is 22.1 Å². The Morgan fingerprint density at radius 1 is 1.30 bits per heavy atom. The van der Waals surface area contributed by atoms with E-state index in [1.165, 1.54) is 17.0 Å². The number of unbranched alkanes of at least 4 members (excludes halogenated alkanes) is 3. The largest absolute Gasteiger partial charge is 0.327 e. The fourth-order valence-electron chi connectivity index (χ4n) is 2.10. The molecule has 1 aromatic rings. The summed E-state index contributed by atoms with van der Waals surface area (Å²) in [6.07, 6.45) is 5.13. The number of nitrogens with one attached hydrogen (secondary N) is 1. The van der Waals surface area contributed by atoms with Crippen molar-refractivity contribution >= 4 is 18.1 Å². The molecule has 0 aliphatic carbocycles. The van der Waals surface area contributed by atoms with Crippen LogP contribution in [0.2, 0.25) is 0 Å². The molecule has 126 valence electrons. The zero-order valence-electron chi connectivity index (χ0n) is 13.8. The number of rotatable bonds is 8. The van der Waals surface area contributed by atoms with Crippen LogP contribution in [0.15, 0.2) is 15.9 Å². The average molecular weight is 321 g/mol. The highest BCUT2D eigenvalue weighted by molar-refractivity contribution is 5.89. The summed E-state index contributed by atoms with van der Waals surface area (Å²) in [6, 6.07) is 1.14. The Morgan fingerprint density at radius 2 is 2.00 bits per heavy atom. The topological polar surface area (TPSA) is 98.7 Å². The van der Waals surface area contributed by atoms with Crippen molar-refractivity contribution in [2.75, 3.05) is 32.1 Å². The summed E-state index contributed by atoms with van der Waals surface area (Å²) in [7, 11) is 3.29. The maximum Gasteiger partial charge on any atom is 0.326 e. The number of isocyanates is 1. The standard InChI is InChI=1S/C15H23N5O3/c1-12-10-13(22)18-14(17-12)20(3)15(23)19(2)9-7-5-4-6-8-16-11-21/h10H,4-9H2,1-3H3,(H,17,18,22). The zero-order chi connectivity index (χ0) is 17.2. The van der Waals surface area contributed by atoms with Crippen LogP contribution >= 0.6 is 0 Å². The number of urea groups is 1. The van der Waals surface area contributed by atoms with E-state index in [1.807, 2.05) is 0 Å². The van der Waals surface area contributed by atoms with Gasteiger partial charge in [0.15, 0.2) is 0 Å². The molecule has 1 heterocycles. The van der Waals surface area contributed by atoms with E-state index in [4.69, 9.17) is 0 Å². The molecule has 0 spiro atoms. The molecule has 0 aliphatic heterocycles. The molecule has 23 heavy (non-hydrogen) atoms. The van der Waals surface area contributed by atoms with Crippen LogP contribution in [-0.2, 0) is 4.79 Å². The van der Waals surface area contributed by atoms with Gasteiger partial charge in [-0.2, -0.15) is 0 Å². The van der Waals surface area contributed by atoms with Gasteiger partial charge in [-0.05, 0) is 19.8 Å². The highest BCUT2D eigenvalue weighted by Gasteiger charge is 2.17. The lowest BCUT2D eigenvalue weighted by molar-refractivity contribution is 0.215. The number of aryl methyl sites for hydroxylation is 1. The normalized spacial score (nSPS) is 10.0. The van der Waals surface area contributed by atoms with Crippen molar-refractivity contribution in [3.63, 3.8) is 0 Å². The van der Waals surface area contributed by atoms with E-state index in [-0.39, 0.29) is 17.5 Å². The van der Waals surface area contributed by atoms with Crippen molar-refractivity contribution in [1.82, 2.24) is 14.9 Å². The second-order valence-electron chi connectivity index (χ2n) is 5.36. The monoisotopic (exact) mass is 321 g/mol. The van der Waals surface area contributed by atoms with Gasteiger partial charge in [0.05, 0.1) is 6.54 Å². The first kappa shape index (κ1) is 18.6. The molecule has 0 bridgehead atoms. The van der Waals surface area contributed by atoms with E-state index in [0.29, 0.717) is 18.8 Å². The van der Waals surface area contributed by atoms with Gasteiger partial charge >= 0.3 is 6.03 Å². The molecule has 0 fully saturated rings. The number of aliphatic imine (C=N–C) groups is 1. The molecule has 1 N–H and O–H groups in total. The van der Waals surface area contributed by atoms with Crippen LogP contribution < -0.4 is 10.5 Å². The van der Waals surface area contributed by atoms with E-state index in [2.05, 4.69) is 15.0 Å². The zero-order valence-corrected chi connectivity index (χ0v) is 13.8. The molecule has 0 aromatic carbocycles. The van der Waals surface area contributed by atoms with E-state index in [9.17, 15) is 14.4 Å². The summed E-state index contributed by atoms with van der Waals surface area (Å²) < 4.78 is 0. The molecule has 8 heteroatoms. The number of carbonyl (C=O) groups excluding carboxylic acids is 2. The van der Waals surface area contributed by atoms with Gasteiger partial charge in [0.25, 0.3) is 5.56 Å². The predicted octanol–water partition coefficient (Wildman–Crippen LogP) is 1.46. The lowest BCUT2D eigenvalue weighted by atomic mass is 10.2. The van der Waals surface area contributed by atoms with Gasteiger partial charge in [0, 0.05) is 32.4 Å². The minimum Gasteiger partial charge on any atom is -0.327 e. The maximum absolute atomic E-state index is 12.3. The lowest BCUT2D eigenvalue weighted by Crippen LogP contribution is -2.40. The van der Waals surface area contributed by atoms with Gasteiger partial charge in [-0.25, -0.2) is 19.6 Å². The van der Waals surface area contributed by atoms with Gasteiger partial charge in [-0.15, -0.1) is 0 Å². The van der Waals surface area contributed by atoms with Crippen LogP contribution in [0.25, 0.3) is 0 Å². The average Bonchev–Trinajstić information content (AvgIpc) is 2.51. The summed E-state index contributed by atoms with van der Waals surface area (Å²) in [4.78, 5) is 46.8. The van der Waals surface area contributed by atoms with Gasteiger partial charge in [-0.3, -0.25) is 14.7 Å². The third-order valence-electron chi connectivity index (χ3n) is 3.37. The summed E-state index contributed by atoms with van der Waals surface area (Å²) in [5.41, 5.74) is 0.275. The molecule has 0 aliphatic rings. The quantitative estimate of drug-likeness (QED) is 0.445. The van der Waals surface area contributed by atoms with Crippen molar-refractivity contribution in [2.45, 2.75) is 32.6 Å². The molecular weight excluding hydrogens is 298 g/mol. The van der Waals surface area contributed by atoms with Crippen LogP contribution in [0.4, 0.5) is 10.7 Å². The first-order valence-electron chi connectivity index (χ1n) is 7.56. The predicted molar refractivity (Wildman–Crippen MR) is 87.5 cm³/mol. The lowest BCUT2D eigenvalue weighted by Gasteiger charge is -2.23. The van der Waals surface area contributed by atoms with Crippen molar-refractivity contribution < 1.29 is 9.59 Å². The third kappa shape index (κ3) is 6.44. The summed E-state index contributed by atoms with van der Waals surface area (Å²) in [6.45, 7) is 2.82. The van der Waals surface area contributed by atoms with Crippen molar-refractivity contribution in [2.24, 2.45) is 4.99 Å². The smallest absolute Gasteiger partial charge is 0.326 e. The van der Waals surface area contributed by atoms with E-state index in [0.717, 1.165) is 25.7 Å². The molecule has 1 rings (SSSR count). The third-order valence-corrected chi connectivity index (χ3v) is 3.37. The Kier molecular flexibility index (Phi) is 7.70. The van der Waals surface area contributed by atoms with E-state index < -0.39 is 0 Å². The molecule has 0 saturated heterocycles. The van der Waals surface area contributed by atoms with Crippen LogP contribution in [0.5, 0.6) is 0 Å².